The molecular weight excluding hydrogens is 312 g/mol. The molecule has 1 aliphatic heterocycles. The van der Waals surface area contributed by atoms with Gasteiger partial charge in [0.25, 0.3) is 0 Å². The molecule has 0 amide bonds. The van der Waals surface area contributed by atoms with Crippen LogP contribution in [0.25, 0.3) is 0 Å². The minimum Gasteiger partial charge on any atom is -0.497 e. The van der Waals surface area contributed by atoms with E-state index in [9.17, 15) is 0 Å². The van der Waals surface area contributed by atoms with Crippen LogP contribution < -0.4 is 10.1 Å². The molecule has 5 heteroatoms. The van der Waals surface area contributed by atoms with Gasteiger partial charge < -0.3 is 19.9 Å². The van der Waals surface area contributed by atoms with Crippen LogP contribution in [0.15, 0.2) is 29.3 Å². The molecule has 1 aromatic rings. The van der Waals surface area contributed by atoms with Crippen LogP contribution in [-0.4, -0.2) is 63.1 Å². The van der Waals surface area contributed by atoms with Crippen molar-refractivity contribution in [2.75, 3.05) is 47.4 Å². The highest BCUT2D eigenvalue weighted by atomic mass is 16.5. The Bertz CT molecular complexity index is 558. The van der Waals surface area contributed by atoms with E-state index in [-0.39, 0.29) is 6.04 Å². The van der Waals surface area contributed by atoms with Crippen LogP contribution >= 0.6 is 0 Å². The molecule has 2 atom stereocenters. The smallest absolute Gasteiger partial charge is 0.193 e. The minimum atomic E-state index is 0.228. The molecule has 1 fully saturated rings. The van der Waals surface area contributed by atoms with Gasteiger partial charge in [0.05, 0.1) is 19.7 Å². The van der Waals surface area contributed by atoms with E-state index in [0.29, 0.717) is 0 Å². The van der Waals surface area contributed by atoms with Crippen LogP contribution in [0.5, 0.6) is 5.75 Å². The molecule has 0 radical (unpaired) electrons. The van der Waals surface area contributed by atoms with Crippen molar-refractivity contribution in [3.63, 3.8) is 0 Å². The van der Waals surface area contributed by atoms with Gasteiger partial charge in [-0.3, -0.25) is 4.99 Å². The average molecular weight is 347 g/mol. The van der Waals surface area contributed by atoms with Gasteiger partial charge in [-0.2, -0.15) is 0 Å². The van der Waals surface area contributed by atoms with Crippen LogP contribution in [0.3, 0.4) is 0 Å². The number of rotatable bonds is 6. The van der Waals surface area contributed by atoms with Crippen molar-refractivity contribution in [3.8, 4) is 5.75 Å². The maximum Gasteiger partial charge on any atom is 0.193 e. The molecule has 0 aliphatic carbocycles. The van der Waals surface area contributed by atoms with E-state index in [0.717, 1.165) is 43.8 Å². The predicted molar refractivity (Wildman–Crippen MR) is 105 cm³/mol. The highest BCUT2D eigenvalue weighted by molar-refractivity contribution is 5.80. The normalized spacial score (nSPS) is 19.8. The summed E-state index contributed by atoms with van der Waals surface area (Å²) in [5, 5.41) is 3.47. The van der Waals surface area contributed by atoms with Crippen LogP contribution in [-0.2, 0) is 0 Å². The summed E-state index contributed by atoms with van der Waals surface area (Å²) in [6.07, 6.45) is 2.57. The number of hydrogen-bond acceptors (Lipinski definition) is 3. The van der Waals surface area contributed by atoms with Gasteiger partial charge in [0.2, 0.25) is 0 Å². The first kappa shape index (κ1) is 19.6. The van der Waals surface area contributed by atoms with E-state index in [1.807, 2.05) is 12.1 Å². The maximum absolute atomic E-state index is 5.38. The van der Waals surface area contributed by atoms with Crippen LogP contribution in [0.2, 0.25) is 0 Å². The van der Waals surface area contributed by atoms with E-state index in [1.165, 1.54) is 18.4 Å². The lowest BCUT2D eigenvalue weighted by atomic mass is 10.0. The van der Waals surface area contributed by atoms with Crippen molar-refractivity contribution < 1.29 is 4.74 Å². The summed E-state index contributed by atoms with van der Waals surface area (Å²) in [6, 6.07) is 8.52. The Hall–Kier alpha value is -1.75. The Morgan fingerprint density at radius 1 is 1.44 bits per heavy atom. The summed E-state index contributed by atoms with van der Waals surface area (Å²) in [4.78, 5) is 9.61. The second-order valence-electron chi connectivity index (χ2n) is 7.14. The molecular formula is C20H34N4O. The summed E-state index contributed by atoms with van der Waals surface area (Å²) in [5.41, 5.74) is 1.23. The molecule has 0 bridgehead atoms. The van der Waals surface area contributed by atoms with Gasteiger partial charge in [0.1, 0.15) is 5.75 Å². The summed E-state index contributed by atoms with van der Waals surface area (Å²) in [5.74, 6) is 2.68. The molecule has 140 valence electrons. The molecule has 1 aromatic carbocycles. The fourth-order valence-electron chi connectivity index (χ4n) is 3.40. The van der Waals surface area contributed by atoms with Gasteiger partial charge in [0.15, 0.2) is 5.96 Å². The largest absolute Gasteiger partial charge is 0.497 e. The van der Waals surface area contributed by atoms with Gasteiger partial charge in [0, 0.05) is 19.6 Å². The first-order valence-electron chi connectivity index (χ1n) is 9.38. The van der Waals surface area contributed by atoms with Gasteiger partial charge in [-0.05, 0) is 57.5 Å². The van der Waals surface area contributed by atoms with Crippen molar-refractivity contribution >= 4 is 5.96 Å². The average Bonchev–Trinajstić information content (AvgIpc) is 2.61. The van der Waals surface area contributed by atoms with Crippen molar-refractivity contribution in [2.24, 2.45) is 10.9 Å². The Morgan fingerprint density at radius 3 is 2.88 bits per heavy atom. The first-order valence-corrected chi connectivity index (χ1v) is 9.38. The number of piperidine rings is 1. The van der Waals surface area contributed by atoms with Crippen molar-refractivity contribution in [3.05, 3.63) is 29.8 Å². The lowest BCUT2D eigenvalue weighted by Gasteiger charge is -2.34. The summed E-state index contributed by atoms with van der Waals surface area (Å²) in [7, 11) is 5.92. The fraction of sp³-hybridized carbons (Fsp3) is 0.650. The number of aliphatic imine (C=N–C) groups is 1. The Morgan fingerprint density at radius 2 is 2.24 bits per heavy atom. The zero-order valence-corrected chi connectivity index (χ0v) is 16.5. The molecule has 5 nitrogen and oxygen atoms in total. The van der Waals surface area contributed by atoms with E-state index in [2.05, 4.69) is 55.2 Å². The second kappa shape index (κ2) is 9.66. The molecule has 1 saturated heterocycles. The number of hydrogen-bond donors (Lipinski definition) is 1. The van der Waals surface area contributed by atoms with E-state index < -0.39 is 0 Å². The SMILES string of the molecule is CCNC(=NCC(c1cccc(OC)c1)N(C)C)N1CCCC(C)C1. The predicted octanol–water partition coefficient (Wildman–Crippen LogP) is 3.00. The van der Waals surface area contributed by atoms with E-state index >= 15 is 0 Å². The number of nitrogens with zero attached hydrogens (tertiary/aromatic N) is 3. The standard InChI is InChI=1S/C20H34N4O/c1-6-21-20(24-12-8-9-16(2)15-24)22-14-19(23(3)4)17-10-7-11-18(13-17)25-5/h7,10-11,13,16,19H,6,8-9,12,14-15H2,1-5H3,(H,21,22). The Balaban J connectivity index is 2.16. The van der Waals surface area contributed by atoms with Crippen molar-refractivity contribution in [2.45, 2.75) is 32.7 Å². The lowest BCUT2D eigenvalue weighted by molar-refractivity contribution is 0.263. The van der Waals surface area contributed by atoms with Crippen LogP contribution in [0.4, 0.5) is 0 Å². The number of methoxy groups -OCH3 is 1. The molecule has 0 aromatic heterocycles. The Labute approximate surface area is 153 Å². The molecule has 2 unspecified atom stereocenters. The molecule has 1 N–H and O–H groups in total. The number of likely N-dealkylation sites (tertiary alicyclic amines) is 1. The molecule has 0 spiro atoms. The minimum absolute atomic E-state index is 0.228. The molecule has 2 rings (SSSR count). The van der Waals surface area contributed by atoms with Crippen molar-refractivity contribution in [1.82, 2.24) is 15.1 Å². The lowest BCUT2D eigenvalue weighted by Crippen LogP contribution is -2.46. The maximum atomic E-state index is 5.38. The number of benzene rings is 1. The summed E-state index contributed by atoms with van der Waals surface area (Å²) >= 11 is 0. The van der Waals surface area contributed by atoms with Crippen LogP contribution in [0, 0.1) is 5.92 Å². The van der Waals surface area contributed by atoms with Gasteiger partial charge >= 0.3 is 0 Å². The van der Waals surface area contributed by atoms with E-state index in [1.54, 1.807) is 7.11 Å². The third-order valence-corrected chi connectivity index (χ3v) is 4.81. The zero-order chi connectivity index (χ0) is 18.2. The molecule has 0 saturated carbocycles. The number of nitrogens with one attached hydrogen (secondary N) is 1. The molecule has 1 heterocycles. The third-order valence-electron chi connectivity index (χ3n) is 4.81. The van der Waals surface area contributed by atoms with Crippen LogP contribution in [0.1, 0.15) is 38.3 Å². The highest BCUT2D eigenvalue weighted by Gasteiger charge is 2.20. The Kier molecular flexibility index (Phi) is 7.56. The van der Waals surface area contributed by atoms with Gasteiger partial charge in [-0.25, -0.2) is 0 Å². The summed E-state index contributed by atoms with van der Waals surface area (Å²) < 4.78 is 5.38. The summed E-state index contributed by atoms with van der Waals surface area (Å²) in [6.45, 7) is 8.28. The molecule has 1 aliphatic rings. The quantitative estimate of drug-likeness (QED) is 0.635. The van der Waals surface area contributed by atoms with E-state index in [4.69, 9.17) is 9.73 Å². The number of guanidine groups is 1. The molecule has 25 heavy (non-hydrogen) atoms. The highest BCUT2D eigenvalue weighted by Crippen LogP contribution is 2.23. The second-order valence-corrected chi connectivity index (χ2v) is 7.14. The monoisotopic (exact) mass is 346 g/mol. The number of likely N-dealkylation sites (N-methyl/N-ethyl adjacent to an activating group) is 1. The first-order chi connectivity index (χ1) is 12.0. The topological polar surface area (TPSA) is 40.1 Å². The third kappa shape index (κ3) is 5.63. The zero-order valence-electron chi connectivity index (χ0n) is 16.5. The fourth-order valence-corrected chi connectivity index (χ4v) is 3.40. The van der Waals surface area contributed by atoms with Gasteiger partial charge in [-0.1, -0.05) is 19.1 Å². The van der Waals surface area contributed by atoms with Gasteiger partial charge in [-0.15, -0.1) is 0 Å². The van der Waals surface area contributed by atoms with Crippen molar-refractivity contribution in [1.29, 1.82) is 0 Å². The number of ether oxygens (including phenoxy) is 1.